The molecule has 1 fully saturated rings. The number of aryl methyl sites for hydroxylation is 1. The molecule has 0 unspecified atom stereocenters. The highest BCUT2D eigenvalue weighted by atomic mass is 32.1. The molecule has 1 N–H and O–H groups in total. The molecule has 1 amide bonds. The number of thiophene rings is 1. The van der Waals surface area contributed by atoms with Gasteiger partial charge in [-0.15, -0.1) is 11.3 Å². The van der Waals surface area contributed by atoms with Crippen LogP contribution in [0.4, 0.5) is 5.00 Å². The number of carbonyl (C=O) groups is 1. The van der Waals surface area contributed by atoms with Crippen LogP contribution in [0.1, 0.15) is 26.6 Å². The summed E-state index contributed by atoms with van der Waals surface area (Å²) in [6.45, 7) is 9.45. The molecule has 0 bridgehead atoms. The summed E-state index contributed by atoms with van der Waals surface area (Å²) in [6, 6.07) is 3.41. The quantitative estimate of drug-likeness (QED) is 0.934. The Kier molecular flexibility index (Phi) is 4.84. The first kappa shape index (κ1) is 16.2. The lowest BCUT2D eigenvalue weighted by atomic mass is 10.1. The molecule has 124 valence electrons. The van der Waals surface area contributed by atoms with Crippen LogP contribution in [0, 0.1) is 13.8 Å². The molecule has 0 saturated carbocycles. The lowest BCUT2D eigenvalue weighted by Crippen LogP contribution is -2.44. The van der Waals surface area contributed by atoms with Crippen molar-refractivity contribution >= 4 is 22.2 Å². The standard InChI is InChI=1S/C17H23N3O2S/c1-12-13(2)23-17(18-16(21)15-5-4-10-22-15)14(12)11-20-8-6-19(3)7-9-20/h4-5,10H,6-9,11H2,1-3H3,(H,18,21). The molecule has 3 heterocycles. The summed E-state index contributed by atoms with van der Waals surface area (Å²) in [6.07, 6.45) is 1.52. The van der Waals surface area contributed by atoms with E-state index in [4.69, 9.17) is 4.42 Å². The molecule has 0 spiro atoms. The Morgan fingerprint density at radius 1 is 1.30 bits per heavy atom. The van der Waals surface area contributed by atoms with Gasteiger partial charge in [0.25, 0.3) is 5.91 Å². The minimum Gasteiger partial charge on any atom is -0.459 e. The van der Waals surface area contributed by atoms with Gasteiger partial charge < -0.3 is 14.6 Å². The number of rotatable bonds is 4. The highest BCUT2D eigenvalue weighted by molar-refractivity contribution is 7.16. The van der Waals surface area contributed by atoms with E-state index in [9.17, 15) is 4.79 Å². The lowest BCUT2D eigenvalue weighted by Gasteiger charge is -2.32. The number of piperazine rings is 1. The number of amides is 1. The van der Waals surface area contributed by atoms with E-state index < -0.39 is 0 Å². The van der Waals surface area contributed by atoms with Crippen molar-refractivity contribution in [3.63, 3.8) is 0 Å². The van der Waals surface area contributed by atoms with Gasteiger partial charge in [0.05, 0.1) is 6.26 Å². The van der Waals surface area contributed by atoms with Gasteiger partial charge in [-0.1, -0.05) is 0 Å². The third-order valence-corrected chi connectivity index (χ3v) is 5.62. The Balaban J connectivity index is 1.75. The SMILES string of the molecule is Cc1sc(NC(=O)c2ccco2)c(CN2CCN(C)CC2)c1C. The summed E-state index contributed by atoms with van der Waals surface area (Å²) in [5.74, 6) is 0.162. The molecule has 1 aliphatic heterocycles. The zero-order chi connectivity index (χ0) is 16.4. The van der Waals surface area contributed by atoms with Crippen LogP contribution in [0.2, 0.25) is 0 Å². The minimum absolute atomic E-state index is 0.184. The molecule has 2 aromatic heterocycles. The Hall–Kier alpha value is -1.63. The molecule has 0 radical (unpaired) electrons. The topological polar surface area (TPSA) is 48.7 Å². The van der Waals surface area contributed by atoms with E-state index in [1.165, 1.54) is 22.3 Å². The first-order valence-electron chi connectivity index (χ1n) is 7.89. The van der Waals surface area contributed by atoms with Crippen molar-refractivity contribution in [1.82, 2.24) is 9.80 Å². The monoisotopic (exact) mass is 333 g/mol. The average molecular weight is 333 g/mol. The molecule has 5 nitrogen and oxygen atoms in total. The third kappa shape index (κ3) is 3.65. The number of nitrogens with zero attached hydrogens (tertiary/aromatic N) is 2. The first-order chi connectivity index (χ1) is 11.0. The number of furan rings is 1. The summed E-state index contributed by atoms with van der Waals surface area (Å²) in [5.41, 5.74) is 2.51. The van der Waals surface area contributed by atoms with Crippen molar-refractivity contribution in [2.75, 3.05) is 38.5 Å². The summed E-state index contributed by atoms with van der Waals surface area (Å²) >= 11 is 1.65. The molecule has 6 heteroatoms. The average Bonchev–Trinajstić information content (AvgIpc) is 3.14. The van der Waals surface area contributed by atoms with Crippen molar-refractivity contribution in [3.05, 3.63) is 40.2 Å². The van der Waals surface area contributed by atoms with Gasteiger partial charge in [-0.3, -0.25) is 9.69 Å². The van der Waals surface area contributed by atoms with E-state index in [-0.39, 0.29) is 5.91 Å². The third-order valence-electron chi connectivity index (χ3n) is 4.46. The van der Waals surface area contributed by atoms with Crippen LogP contribution in [0.5, 0.6) is 0 Å². The zero-order valence-corrected chi connectivity index (χ0v) is 14.7. The molecule has 1 saturated heterocycles. The fourth-order valence-corrected chi connectivity index (χ4v) is 3.83. The highest BCUT2D eigenvalue weighted by Gasteiger charge is 2.21. The van der Waals surface area contributed by atoms with Crippen LogP contribution in [0.25, 0.3) is 0 Å². The maximum Gasteiger partial charge on any atom is 0.291 e. The number of anilines is 1. The fourth-order valence-electron chi connectivity index (χ4n) is 2.77. The van der Waals surface area contributed by atoms with E-state index in [2.05, 4.69) is 36.0 Å². The van der Waals surface area contributed by atoms with Crippen molar-refractivity contribution in [2.45, 2.75) is 20.4 Å². The number of carbonyl (C=O) groups excluding carboxylic acids is 1. The van der Waals surface area contributed by atoms with Gasteiger partial charge in [0, 0.05) is 43.2 Å². The second kappa shape index (κ2) is 6.86. The number of nitrogens with one attached hydrogen (secondary N) is 1. The van der Waals surface area contributed by atoms with Gasteiger partial charge in [-0.25, -0.2) is 0 Å². The van der Waals surface area contributed by atoms with Crippen LogP contribution >= 0.6 is 11.3 Å². The van der Waals surface area contributed by atoms with Crippen LogP contribution < -0.4 is 5.32 Å². The van der Waals surface area contributed by atoms with Gasteiger partial charge in [0.15, 0.2) is 5.76 Å². The van der Waals surface area contributed by atoms with E-state index in [1.54, 1.807) is 23.5 Å². The first-order valence-corrected chi connectivity index (χ1v) is 8.71. The highest BCUT2D eigenvalue weighted by Crippen LogP contribution is 2.34. The molecule has 2 aromatic rings. The summed E-state index contributed by atoms with van der Waals surface area (Å²) in [4.78, 5) is 18.3. The van der Waals surface area contributed by atoms with E-state index in [1.807, 2.05) is 0 Å². The number of likely N-dealkylation sites (N-methyl/N-ethyl adjacent to an activating group) is 1. The maximum atomic E-state index is 12.3. The fraction of sp³-hybridized carbons (Fsp3) is 0.471. The van der Waals surface area contributed by atoms with Gasteiger partial charge in [-0.2, -0.15) is 0 Å². The van der Waals surface area contributed by atoms with E-state index in [0.29, 0.717) is 5.76 Å². The van der Waals surface area contributed by atoms with Gasteiger partial charge in [0.2, 0.25) is 0 Å². The lowest BCUT2D eigenvalue weighted by molar-refractivity contribution is 0.0996. The normalized spacial score (nSPS) is 16.7. The molecule has 0 aromatic carbocycles. The molecular formula is C17H23N3O2S. The number of hydrogen-bond acceptors (Lipinski definition) is 5. The molecular weight excluding hydrogens is 310 g/mol. The van der Waals surface area contributed by atoms with Crippen molar-refractivity contribution in [1.29, 1.82) is 0 Å². The van der Waals surface area contributed by atoms with Gasteiger partial charge >= 0.3 is 0 Å². The van der Waals surface area contributed by atoms with Crippen LogP contribution in [0.15, 0.2) is 22.8 Å². The van der Waals surface area contributed by atoms with E-state index >= 15 is 0 Å². The van der Waals surface area contributed by atoms with E-state index in [0.717, 1.165) is 37.7 Å². The Labute approximate surface area is 140 Å². The Morgan fingerprint density at radius 3 is 2.70 bits per heavy atom. The molecule has 0 atom stereocenters. The zero-order valence-electron chi connectivity index (χ0n) is 13.9. The second-order valence-electron chi connectivity index (χ2n) is 6.10. The van der Waals surface area contributed by atoms with Crippen LogP contribution in [-0.2, 0) is 6.54 Å². The predicted octanol–water partition coefficient (Wildman–Crippen LogP) is 2.96. The summed E-state index contributed by atoms with van der Waals surface area (Å²) < 4.78 is 5.18. The molecule has 23 heavy (non-hydrogen) atoms. The van der Waals surface area contributed by atoms with Crippen molar-refractivity contribution in [3.8, 4) is 0 Å². The Morgan fingerprint density at radius 2 is 2.04 bits per heavy atom. The predicted molar refractivity (Wildman–Crippen MR) is 93.2 cm³/mol. The molecule has 0 aliphatic carbocycles. The molecule has 3 rings (SSSR count). The molecule has 1 aliphatic rings. The maximum absolute atomic E-state index is 12.3. The number of hydrogen-bond donors (Lipinski definition) is 1. The van der Waals surface area contributed by atoms with Crippen LogP contribution in [-0.4, -0.2) is 48.9 Å². The van der Waals surface area contributed by atoms with Crippen molar-refractivity contribution in [2.24, 2.45) is 0 Å². The largest absolute Gasteiger partial charge is 0.459 e. The summed E-state index contributed by atoms with van der Waals surface area (Å²) in [5, 5.41) is 3.97. The Bertz CT molecular complexity index is 670. The smallest absolute Gasteiger partial charge is 0.291 e. The van der Waals surface area contributed by atoms with Crippen molar-refractivity contribution < 1.29 is 9.21 Å². The summed E-state index contributed by atoms with van der Waals surface area (Å²) in [7, 11) is 2.16. The van der Waals surface area contributed by atoms with Gasteiger partial charge in [0.1, 0.15) is 5.00 Å². The second-order valence-corrected chi connectivity index (χ2v) is 7.33. The minimum atomic E-state index is -0.184. The van der Waals surface area contributed by atoms with Gasteiger partial charge in [-0.05, 0) is 38.6 Å². The van der Waals surface area contributed by atoms with Crippen LogP contribution in [0.3, 0.4) is 0 Å².